The van der Waals surface area contributed by atoms with Crippen molar-refractivity contribution < 1.29 is 23.8 Å². The summed E-state index contributed by atoms with van der Waals surface area (Å²) in [5.41, 5.74) is -0.450. The quantitative estimate of drug-likeness (QED) is 0.557. The zero-order valence-electron chi connectivity index (χ0n) is 14.2. The lowest BCUT2D eigenvalue weighted by Gasteiger charge is -2.33. The molecule has 1 aliphatic heterocycles. The van der Waals surface area contributed by atoms with E-state index in [2.05, 4.69) is 0 Å². The van der Waals surface area contributed by atoms with Crippen LogP contribution in [0.5, 0.6) is 0 Å². The van der Waals surface area contributed by atoms with Crippen molar-refractivity contribution in [1.82, 2.24) is 4.90 Å². The molecule has 0 atom stereocenters. The van der Waals surface area contributed by atoms with E-state index in [0.717, 1.165) is 32.4 Å². The predicted octanol–water partition coefficient (Wildman–Crippen LogP) is 2.60. The van der Waals surface area contributed by atoms with E-state index in [1.165, 1.54) is 0 Å². The van der Waals surface area contributed by atoms with Gasteiger partial charge in [0.1, 0.15) is 12.2 Å². The molecule has 0 aliphatic carbocycles. The van der Waals surface area contributed by atoms with Gasteiger partial charge in [0.25, 0.3) is 0 Å². The Morgan fingerprint density at radius 1 is 1.18 bits per heavy atom. The molecule has 22 heavy (non-hydrogen) atoms. The Morgan fingerprint density at radius 2 is 1.82 bits per heavy atom. The maximum Gasteiger partial charge on any atom is 0.410 e. The Labute approximate surface area is 133 Å². The third kappa shape index (κ3) is 7.64. The first-order valence-corrected chi connectivity index (χ1v) is 8.03. The van der Waals surface area contributed by atoms with Crippen molar-refractivity contribution in [3.63, 3.8) is 0 Å². The van der Waals surface area contributed by atoms with Crippen LogP contribution in [0, 0.1) is 5.92 Å². The summed E-state index contributed by atoms with van der Waals surface area (Å²) in [7, 11) is 0. The van der Waals surface area contributed by atoms with Gasteiger partial charge in [0.05, 0.1) is 6.61 Å². The average molecular weight is 315 g/mol. The SMILES string of the molecule is CCOC(=O)COCCC1CCN(C(=O)OC(C)(C)C)CC1. The van der Waals surface area contributed by atoms with Crippen LogP contribution in [0.3, 0.4) is 0 Å². The van der Waals surface area contributed by atoms with Crippen molar-refractivity contribution in [3.8, 4) is 0 Å². The number of rotatable bonds is 6. The molecule has 0 spiro atoms. The molecule has 128 valence electrons. The van der Waals surface area contributed by atoms with Gasteiger partial charge in [0.15, 0.2) is 0 Å². The minimum Gasteiger partial charge on any atom is -0.464 e. The minimum atomic E-state index is -0.450. The van der Waals surface area contributed by atoms with E-state index in [9.17, 15) is 9.59 Å². The number of carbonyl (C=O) groups excluding carboxylic acids is 2. The first kappa shape index (κ1) is 18.7. The summed E-state index contributed by atoms with van der Waals surface area (Å²) in [5, 5.41) is 0. The van der Waals surface area contributed by atoms with Gasteiger partial charge in [0.2, 0.25) is 0 Å². The molecule has 1 rings (SSSR count). The van der Waals surface area contributed by atoms with E-state index >= 15 is 0 Å². The summed E-state index contributed by atoms with van der Waals surface area (Å²) >= 11 is 0. The molecule has 6 nitrogen and oxygen atoms in total. The highest BCUT2D eigenvalue weighted by Gasteiger charge is 2.26. The van der Waals surface area contributed by atoms with Gasteiger partial charge in [-0.1, -0.05) is 0 Å². The number of hydrogen-bond acceptors (Lipinski definition) is 5. The fourth-order valence-corrected chi connectivity index (χ4v) is 2.34. The molecule has 1 amide bonds. The normalized spacial score (nSPS) is 16.5. The molecule has 0 bridgehead atoms. The van der Waals surface area contributed by atoms with Gasteiger partial charge < -0.3 is 19.1 Å². The minimum absolute atomic E-state index is 0.0184. The number of carbonyl (C=O) groups is 2. The van der Waals surface area contributed by atoms with Crippen LogP contribution >= 0.6 is 0 Å². The second kappa shape index (κ2) is 8.98. The summed E-state index contributed by atoms with van der Waals surface area (Å²) < 4.78 is 15.5. The highest BCUT2D eigenvalue weighted by Crippen LogP contribution is 2.22. The molecule has 0 radical (unpaired) electrons. The summed E-state index contributed by atoms with van der Waals surface area (Å²) in [4.78, 5) is 24.8. The summed E-state index contributed by atoms with van der Waals surface area (Å²) in [6.07, 6.45) is 2.57. The molecule has 6 heteroatoms. The van der Waals surface area contributed by atoms with Crippen LogP contribution in [-0.4, -0.2) is 55.5 Å². The van der Waals surface area contributed by atoms with Crippen LogP contribution in [0.15, 0.2) is 0 Å². The van der Waals surface area contributed by atoms with Crippen LogP contribution in [-0.2, 0) is 19.0 Å². The summed E-state index contributed by atoms with van der Waals surface area (Å²) in [6, 6.07) is 0. The van der Waals surface area contributed by atoms with Crippen molar-refractivity contribution in [3.05, 3.63) is 0 Å². The van der Waals surface area contributed by atoms with Gasteiger partial charge in [-0.15, -0.1) is 0 Å². The Balaban J connectivity index is 2.15. The third-order valence-electron chi connectivity index (χ3n) is 3.46. The number of esters is 1. The molecule has 0 unspecified atom stereocenters. The van der Waals surface area contributed by atoms with Crippen LogP contribution in [0.25, 0.3) is 0 Å². The Bertz CT molecular complexity index is 356. The largest absolute Gasteiger partial charge is 0.464 e. The molecule has 0 aromatic heterocycles. The molecule has 0 aromatic carbocycles. The van der Waals surface area contributed by atoms with E-state index in [1.807, 2.05) is 20.8 Å². The molecule has 0 saturated carbocycles. The van der Waals surface area contributed by atoms with Crippen LogP contribution in [0.2, 0.25) is 0 Å². The summed E-state index contributed by atoms with van der Waals surface area (Å²) in [5.74, 6) is 0.211. The maximum atomic E-state index is 11.9. The lowest BCUT2D eigenvalue weighted by molar-refractivity contribution is -0.148. The van der Waals surface area contributed by atoms with Gasteiger partial charge in [-0.05, 0) is 52.9 Å². The molecule has 0 N–H and O–H groups in total. The molecular formula is C16H29NO5. The van der Waals surface area contributed by atoms with Crippen LogP contribution in [0.1, 0.15) is 47.0 Å². The number of likely N-dealkylation sites (tertiary alicyclic amines) is 1. The zero-order chi connectivity index (χ0) is 16.6. The number of amides is 1. The fourth-order valence-electron chi connectivity index (χ4n) is 2.34. The van der Waals surface area contributed by atoms with Gasteiger partial charge in [-0.3, -0.25) is 0 Å². The van der Waals surface area contributed by atoms with Crippen molar-refractivity contribution in [1.29, 1.82) is 0 Å². The molecular weight excluding hydrogens is 286 g/mol. The van der Waals surface area contributed by atoms with E-state index in [1.54, 1.807) is 11.8 Å². The Morgan fingerprint density at radius 3 is 2.36 bits per heavy atom. The number of ether oxygens (including phenoxy) is 3. The molecule has 1 aliphatic rings. The van der Waals surface area contributed by atoms with E-state index in [4.69, 9.17) is 14.2 Å². The van der Waals surface area contributed by atoms with Crippen LogP contribution < -0.4 is 0 Å². The third-order valence-corrected chi connectivity index (χ3v) is 3.46. The van der Waals surface area contributed by atoms with Crippen LogP contribution in [0.4, 0.5) is 4.79 Å². The Hall–Kier alpha value is -1.30. The second-order valence-corrected chi connectivity index (χ2v) is 6.56. The maximum absolute atomic E-state index is 11.9. The molecule has 1 fully saturated rings. The topological polar surface area (TPSA) is 65.1 Å². The van der Waals surface area contributed by atoms with Crippen molar-refractivity contribution in [2.45, 2.75) is 52.6 Å². The van der Waals surface area contributed by atoms with Gasteiger partial charge in [-0.2, -0.15) is 0 Å². The highest BCUT2D eigenvalue weighted by atomic mass is 16.6. The van der Waals surface area contributed by atoms with E-state index in [0.29, 0.717) is 19.1 Å². The van der Waals surface area contributed by atoms with Crippen molar-refractivity contribution >= 4 is 12.1 Å². The number of piperidine rings is 1. The fraction of sp³-hybridized carbons (Fsp3) is 0.875. The lowest BCUT2D eigenvalue weighted by Crippen LogP contribution is -2.41. The van der Waals surface area contributed by atoms with Crippen molar-refractivity contribution in [2.24, 2.45) is 5.92 Å². The van der Waals surface area contributed by atoms with E-state index in [-0.39, 0.29) is 18.7 Å². The van der Waals surface area contributed by atoms with Gasteiger partial charge in [-0.25, -0.2) is 9.59 Å². The summed E-state index contributed by atoms with van der Waals surface area (Å²) in [6.45, 7) is 9.78. The standard InChI is InChI=1S/C16H29NO5/c1-5-21-14(18)12-20-11-8-13-6-9-17(10-7-13)15(19)22-16(2,3)4/h13H,5-12H2,1-4H3. The van der Waals surface area contributed by atoms with Crippen molar-refractivity contribution in [2.75, 3.05) is 32.9 Å². The number of nitrogens with zero attached hydrogens (tertiary/aromatic N) is 1. The zero-order valence-corrected chi connectivity index (χ0v) is 14.2. The molecule has 1 saturated heterocycles. The first-order valence-electron chi connectivity index (χ1n) is 8.03. The monoisotopic (exact) mass is 315 g/mol. The van der Waals surface area contributed by atoms with Gasteiger partial charge >= 0.3 is 12.1 Å². The van der Waals surface area contributed by atoms with Gasteiger partial charge in [0, 0.05) is 19.7 Å². The lowest BCUT2D eigenvalue weighted by atomic mass is 9.94. The average Bonchev–Trinajstić information content (AvgIpc) is 2.43. The number of hydrogen-bond donors (Lipinski definition) is 0. The smallest absolute Gasteiger partial charge is 0.410 e. The predicted molar refractivity (Wildman–Crippen MR) is 82.6 cm³/mol. The first-order chi connectivity index (χ1) is 10.3. The molecule has 0 aromatic rings. The Kier molecular flexibility index (Phi) is 7.65. The highest BCUT2D eigenvalue weighted by molar-refractivity contribution is 5.70. The second-order valence-electron chi connectivity index (χ2n) is 6.56. The molecule has 1 heterocycles. The van der Waals surface area contributed by atoms with E-state index < -0.39 is 5.60 Å².